The van der Waals surface area contributed by atoms with Crippen LogP contribution in [-0.4, -0.2) is 61.4 Å². The quantitative estimate of drug-likeness (QED) is 0.613. The van der Waals surface area contributed by atoms with E-state index in [-0.39, 0.29) is 24.4 Å². The number of hydrogen-bond acceptors (Lipinski definition) is 6. The Balaban J connectivity index is 1.90. The summed E-state index contributed by atoms with van der Waals surface area (Å²) in [5.74, 6) is 0.398. The van der Waals surface area contributed by atoms with Crippen LogP contribution < -0.4 is 4.74 Å². The zero-order chi connectivity index (χ0) is 21.5. The van der Waals surface area contributed by atoms with Gasteiger partial charge in [-0.15, -0.1) is 11.3 Å². The average molecular weight is 430 g/mol. The zero-order valence-corrected chi connectivity index (χ0v) is 18.4. The maximum Gasteiger partial charge on any atom is 0.262 e. The van der Waals surface area contributed by atoms with Crippen molar-refractivity contribution >= 4 is 28.9 Å². The molecule has 160 valence electrons. The lowest BCUT2D eigenvalue weighted by molar-refractivity contribution is -0.141. The van der Waals surface area contributed by atoms with E-state index in [1.54, 1.807) is 32.5 Å². The van der Waals surface area contributed by atoms with E-state index in [0.29, 0.717) is 31.7 Å². The van der Waals surface area contributed by atoms with Gasteiger partial charge >= 0.3 is 0 Å². The number of benzene rings is 1. The molecule has 1 aliphatic heterocycles. The van der Waals surface area contributed by atoms with E-state index in [1.807, 2.05) is 41.8 Å². The van der Waals surface area contributed by atoms with E-state index in [0.717, 1.165) is 16.2 Å². The Morgan fingerprint density at radius 3 is 2.70 bits per heavy atom. The third-order valence-electron chi connectivity index (χ3n) is 5.02. The average Bonchev–Trinajstić information content (AvgIpc) is 3.45. The summed E-state index contributed by atoms with van der Waals surface area (Å²) in [5.41, 5.74) is 1.76. The molecule has 0 N–H and O–H groups in total. The summed E-state index contributed by atoms with van der Waals surface area (Å²) in [6.07, 6.45) is 0.920. The third kappa shape index (κ3) is 4.88. The van der Waals surface area contributed by atoms with E-state index >= 15 is 0 Å². The molecule has 2 aromatic rings. The van der Waals surface area contributed by atoms with E-state index in [2.05, 4.69) is 5.10 Å². The number of amides is 2. The summed E-state index contributed by atoms with van der Waals surface area (Å²) in [6, 6.07) is 11.3. The number of rotatable bonds is 9. The summed E-state index contributed by atoms with van der Waals surface area (Å²) in [4.78, 5) is 28.2. The molecule has 1 aromatic carbocycles. The Labute approximate surface area is 180 Å². The monoisotopic (exact) mass is 429 g/mol. The minimum absolute atomic E-state index is 0.0388. The number of hydrazone groups is 1. The van der Waals surface area contributed by atoms with Gasteiger partial charge in [0.05, 0.1) is 30.3 Å². The van der Waals surface area contributed by atoms with Crippen LogP contribution in [0, 0.1) is 0 Å². The zero-order valence-electron chi connectivity index (χ0n) is 17.5. The van der Waals surface area contributed by atoms with Gasteiger partial charge in [-0.1, -0.05) is 31.2 Å². The molecule has 0 radical (unpaired) electrons. The van der Waals surface area contributed by atoms with Gasteiger partial charge in [-0.05, 0) is 17.5 Å². The number of nitrogens with zero attached hydrogens (tertiary/aromatic N) is 3. The van der Waals surface area contributed by atoms with Crippen LogP contribution in [0.15, 0.2) is 46.9 Å². The van der Waals surface area contributed by atoms with Gasteiger partial charge in [0.15, 0.2) is 0 Å². The lowest BCUT2D eigenvalue weighted by atomic mass is 10.00. The maximum absolute atomic E-state index is 13.3. The van der Waals surface area contributed by atoms with Gasteiger partial charge in [-0.25, -0.2) is 5.01 Å². The SMILES string of the molecule is CCC(=O)N(CCOC)CC(=O)N1N=C(c2cccs2)C[C@H]1c1ccccc1OC. The van der Waals surface area contributed by atoms with Crippen molar-refractivity contribution in [1.82, 2.24) is 9.91 Å². The van der Waals surface area contributed by atoms with Crippen molar-refractivity contribution in [2.75, 3.05) is 33.9 Å². The minimum Gasteiger partial charge on any atom is -0.496 e. The molecule has 7 nitrogen and oxygen atoms in total. The molecule has 0 spiro atoms. The van der Waals surface area contributed by atoms with E-state index in [1.165, 1.54) is 9.91 Å². The number of carbonyl (C=O) groups excluding carboxylic acids is 2. The molecule has 8 heteroatoms. The largest absolute Gasteiger partial charge is 0.496 e. The molecule has 1 aromatic heterocycles. The first-order chi connectivity index (χ1) is 14.6. The maximum atomic E-state index is 13.3. The van der Waals surface area contributed by atoms with Crippen LogP contribution >= 0.6 is 11.3 Å². The standard InChI is InChI=1S/C22H27N3O4S/c1-4-21(26)24(11-12-28-2)15-22(27)25-18(16-8-5-6-9-19(16)29-3)14-17(23-25)20-10-7-13-30-20/h5-10,13,18H,4,11-12,14-15H2,1-3H3/t18-/m0/s1. The van der Waals surface area contributed by atoms with E-state index in [4.69, 9.17) is 9.47 Å². The molecular weight excluding hydrogens is 402 g/mol. The van der Waals surface area contributed by atoms with Crippen LogP contribution in [0.2, 0.25) is 0 Å². The number of ether oxygens (including phenoxy) is 2. The highest BCUT2D eigenvalue weighted by Crippen LogP contribution is 2.38. The van der Waals surface area contributed by atoms with Crippen molar-refractivity contribution in [2.24, 2.45) is 5.10 Å². The molecular formula is C22H27N3O4S. The summed E-state index contributed by atoms with van der Waals surface area (Å²) in [5, 5.41) is 8.17. The highest BCUT2D eigenvalue weighted by Gasteiger charge is 2.35. The first kappa shape index (κ1) is 22.0. The van der Waals surface area contributed by atoms with Crippen LogP contribution in [0.25, 0.3) is 0 Å². The molecule has 0 saturated carbocycles. The Morgan fingerprint density at radius 1 is 1.23 bits per heavy atom. The second-order valence-corrected chi connectivity index (χ2v) is 7.83. The van der Waals surface area contributed by atoms with Gasteiger partial charge in [-0.3, -0.25) is 9.59 Å². The van der Waals surface area contributed by atoms with Gasteiger partial charge in [0.1, 0.15) is 12.3 Å². The van der Waals surface area contributed by atoms with Crippen molar-refractivity contribution in [3.05, 3.63) is 52.2 Å². The van der Waals surface area contributed by atoms with Crippen LogP contribution in [0.4, 0.5) is 0 Å². The molecule has 2 heterocycles. The predicted molar refractivity (Wildman–Crippen MR) is 117 cm³/mol. The third-order valence-corrected chi connectivity index (χ3v) is 5.93. The van der Waals surface area contributed by atoms with Gasteiger partial charge in [0.25, 0.3) is 5.91 Å². The Hall–Kier alpha value is -2.71. The van der Waals surface area contributed by atoms with Crippen molar-refractivity contribution in [3.8, 4) is 5.75 Å². The highest BCUT2D eigenvalue weighted by molar-refractivity contribution is 7.12. The van der Waals surface area contributed by atoms with Crippen molar-refractivity contribution in [3.63, 3.8) is 0 Å². The highest BCUT2D eigenvalue weighted by atomic mass is 32.1. The van der Waals surface area contributed by atoms with Crippen LogP contribution in [-0.2, 0) is 14.3 Å². The second kappa shape index (κ2) is 10.4. The lowest BCUT2D eigenvalue weighted by Crippen LogP contribution is -2.42. The van der Waals surface area contributed by atoms with Gasteiger partial charge < -0.3 is 14.4 Å². The molecule has 1 atom stereocenters. The summed E-state index contributed by atoms with van der Waals surface area (Å²) in [7, 11) is 3.19. The van der Waals surface area contributed by atoms with Crippen LogP contribution in [0.5, 0.6) is 5.75 Å². The molecule has 3 rings (SSSR count). The van der Waals surface area contributed by atoms with Gasteiger partial charge in [0.2, 0.25) is 5.91 Å². The van der Waals surface area contributed by atoms with Gasteiger partial charge in [0, 0.05) is 32.1 Å². The van der Waals surface area contributed by atoms with E-state index < -0.39 is 0 Å². The minimum atomic E-state index is -0.285. The van der Waals surface area contributed by atoms with Crippen molar-refractivity contribution < 1.29 is 19.1 Å². The van der Waals surface area contributed by atoms with Crippen molar-refractivity contribution in [1.29, 1.82) is 0 Å². The molecule has 0 aliphatic carbocycles. The topological polar surface area (TPSA) is 71.4 Å². The second-order valence-electron chi connectivity index (χ2n) is 6.89. The summed E-state index contributed by atoms with van der Waals surface area (Å²) < 4.78 is 10.6. The fourth-order valence-electron chi connectivity index (χ4n) is 3.47. The van der Waals surface area contributed by atoms with Crippen LogP contribution in [0.3, 0.4) is 0 Å². The Bertz CT molecular complexity index is 898. The smallest absolute Gasteiger partial charge is 0.262 e. The number of para-hydroxylation sites is 1. The van der Waals surface area contributed by atoms with E-state index in [9.17, 15) is 9.59 Å². The number of methoxy groups -OCH3 is 2. The number of hydrogen-bond donors (Lipinski definition) is 0. The normalized spacial score (nSPS) is 15.8. The van der Waals surface area contributed by atoms with Gasteiger partial charge in [-0.2, -0.15) is 5.10 Å². The summed E-state index contributed by atoms with van der Waals surface area (Å²) >= 11 is 1.59. The van der Waals surface area contributed by atoms with Crippen LogP contribution in [0.1, 0.15) is 36.2 Å². The first-order valence-electron chi connectivity index (χ1n) is 9.92. The molecule has 0 unspecified atom stereocenters. The lowest BCUT2D eigenvalue weighted by Gasteiger charge is -2.27. The Kier molecular flexibility index (Phi) is 7.59. The molecule has 30 heavy (non-hydrogen) atoms. The fourth-order valence-corrected chi connectivity index (χ4v) is 4.19. The number of carbonyl (C=O) groups is 2. The Morgan fingerprint density at radius 2 is 2.03 bits per heavy atom. The predicted octanol–water partition coefficient (Wildman–Crippen LogP) is 3.32. The van der Waals surface area contributed by atoms with Crippen molar-refractivity contribution in [2.45, 2.75) is 25.8 Å². The molecule has 0 saturated heterocycles. The molecule has 2 amide bonds. The fraction of sp³-hybridized carbons (Fsp3) is 0.409. The summed E-state index contributed by atoms with van der Waals surface area (Å²) in [6.45, 7) is 2.48. The molecule has 1 aliphatic rings. The number of thiophene rings is 1. The molecule has 0 bridgehead atoms. The first-order valence-corrected chi connectivity index (χ1v) is 10.8. The molecule has 0 fully saturated rings.